The highest BCUT2D eigenvalue weighted by Gasteiger charge is 2.18. The maximum atomic E-state index is 4.57. The van der Waals surface area contributed by atoms with Crippen LogP contribution in [0.2, 0.25) is 0 Å². The summed E-state index contributed by atoms with van der Waals surface area (Å²) in [5, 5.41) is 8.01. The van der Waals surface area contributed by atoms with E-state index in [4.69, 9.17) is 0 Å². The van der Waals surface area contributed by atoms with E-state index in [1.54, 1.807) is 0 Å². The van der Waals surface area contributed by atoms with Crippen molar-refractivity contribution in [3.05, 3.63) is 109 Å². The van der Waals surface area contributed by atoms with E-state index in [9.17, 15) is 0 Å². The first-order chi connectivity index (χ1) is 17.8. The maximum absolute atomic E-state index is 4.57. The van der Waals surface area contributed by atoms with E-state index in [2.05, 4.69) is 82.8 Å². The minimum atomic E-state index is 1.01. The van der Waals surface area contributed by atoms with Crippen LogP contribution in [0.5, 0.6) is 0 Å². The fourth-order valence-electron chi connectivity index (χ4n) is 5.35. The highest BCUT2D eigenvalue weighted by Crippen LogP contribution is 2.49. The molecule has 0 aliphatic rings. The first-order valence-corrected chi connectivity index (χ1v) is 13.5. The topological polar surface area (TPSA) is 25.8 Å². The van der Waals surface area contributed by atoms with Crippen molar-refractivity contribution in [2.75, 3.05) is 0 Å². The fraction of sp³-hybridized carbons (Fsp3) is 0. The van der Waals surface area contributed by atoms with Crippen LogP contribution in [0.1, 0.15) is 0 Å². The second-order valence-electron chi connectivity index (χ2n) is 9.01. The summed E-state index contributed by atoms with van der Waals surface area (Å²) < 4.78 is 5.35. The van der Waals surface area contributed by atoms with Gasteiger partial charge in [-0.15, -0.1) is 22.7 Å². The molecule has 0 atom stereocenters. The molecule has 0 fully saturated rings. The minimum Gasteiger partial charge on any atom is -0.256 e. The summed E-state index contributed by atoms with van der Waals surface area (Å²) in [7, 11) is 0. The van der Waals surface area contributed by atoms with Crippen LogP contribution in [-0.2, 0) is 0 Å². The summed E-state index contributed by atoms with van der Waals surface area (Å²) in [4.78, 5) is 9.15. The van der Waals surface area contributed by atoms with Gasteiger partial charge < -0.3 is 0 Å². The van der Waals surface area contributed by atoms with Crippen molar-refractivity contribution in [2.45, 2.75) is 0 Å². The zero-order valence-electron chi connectivity index (χ0n) is 19.1. The molecule has 8 aromatic rings. The molecule has 36 heavy (non-hydrogen) atoms. The zero-order chi connectivity index (χ0) is 23.6. The van der Waals surface area contributed by atoms with Gasteiger partial charge in [0.05, 0.1) is 20.8 Å². The second kappa shape index (κ2) is 7.69. The molecular weight excluding hydrogens is 477 g/mol. The molecule has 4 aromatic heterocycles. The van der Waals surface area contributed by atoms with Gasteiger partial charge >= 0.3 is 0 Å². The van der Waals surface area contributed by atoms with Crippen LogP contribution in [0.4, 0.5) is 0 Å². The predicted molar refractivity (Wildman–Crippen MR) is 156 cm³/mol. The van der Waals surface area contributed by atoms with E-state index < -0.39 is 0 Å². The molecule has 0 amide bonds. The van der Waals surface area contributed by atoms with Gasteiger partial charge in [-0.05, 0) is 47.2 Å². The van der Waals surface area contributed by atoms with Crippen LogP contribution < -0.4 is 0 Å². The molecule has 4 heterocycles. The van der Waals surface area contributed by atoms with Crippen molar-refractivity contribution in [3.8, 4) is 22.5 Å². The molecule has 4 aromatic carbocycles. The highest BCUT2D eigenvalue weighted by molar-refractivity contribution is 7.33. The van der Waals surface area contributed by atoms with E-state index in [1.807, 2.05) is 59.3 Å². The number of hydrogen-bond donors (Lipinski definition) is 0. The molecule has 0 radical (unpaired) electrons. The molecule has 0 aliphatic carbocycles. The number of fused-ring (bicyclic) bond motifs is 10. The third-order valence-electron chi connectivity index (χ3n) is 6.97. The molecule has 8 rings (SSSR count). The molecule has 0 saturated heterocycles. The Morgan fingerprint density at radius 1 is 0.444 bits per heavy atom. The standard InChI is InChI=1S/C32H18N2S2/c1-2-8-22-21(7-1)29-23-13-11-19(25-9-3-5-15-33-25)17-27(23)35-31(29)32-30(22)24-14-12-20(18-28(24)36-32)26-10-4-6-16-34-26/h1-18H. The summed E-state index contributed by atoms with van der Waals surface area (Å²) in [6, 6.07) is 34.6. The zero-order valence-corrected chi connectivity index (χ0v) is 20.7. The third-order valence-corrected chi connectivity index (χ3v) is 9.44. The Kier molecular flexibility index (Phi) is 4.30. The van der Waals surface area contributed by atoms with Crippen LogP contribution in [-0.4, -0.2) is 9.97 Å². The summed E-state index contributed by atoms with van der Waals surface area (Å²) >= 11 is 3.80. The molecule has 0 spiro atoms. The van der Waals surface area contributed by atoms with Gasteiger partial charge in [-0.3, -0.25) is 9.97 Å². The number of hydrogen-bond acceptors (Lipinski definition) is 4. The summed E-state index contributed by atoms with van der Waals surface area (Å²) in [5.41, 5.74) is 4.34. The summed E-state index contributed by atoms with van der Waals surface area (Å²) in [6.45, 7) is 0. The SMILES string of the molecule is c1ccc(-c2ccc3c(c2)sc2c4sc5cc(-c6ccccn6)ccc5c4c4ccccc4c32)nc1. The molecular formula is C32H18N2S2. The monoisotopic (exact) mass is 494 g/mol. The number of thiophene rings is 2. The average molecular weight is 495 g/mol. The van der Waals surface area contributed by atoms with Crippen LogP contribution >= 0.6 is 22.7 Å². The van der Waals surface area contributed by atoms with Crippen molar-refractivity contribution in [3.63, 3.8) is 0 Å². The summed E-state index contributed by atoms with van der Waals surface area (Å²) in [6.07, 6.45) is 3.72. The number of benzene rings is 4. The third kappa shape index (κ3) is 2.89. The van der Waals surface area contributed by atoms with Gasteiger partial charge in [0.25, 0.3) is 0 Å². The normalized spacial score (nSPS) is 11.9. The second-order valence-corrected chi connectivity index (χ2v) is 11.1. The van der Waals surface area contributed by atoms with Gasteiger partial charge in [-0.25, -0.2) is 0 Å². The number of rotatable bonds is 2. The van der Waals surface area contributed by atoms with E-state index >= 15 is 0 Å². The molecule has 4 heteroatoms. The first kappa shape index (κ1) is 20.1. The van der Waals surface area contributed by atoms with Gasteiger partial charge in [0.15, 0.2) is 0 Å². The smallest absolute Gasteiger partial charge is 0.0702 e. The van der Waals surface area contributed by atoms with Gasteiger partial charge in [0.2, 0.25) is 0 Å². The lowest BCUT2D eigenvalue weighted by molar-refractivity contribution is 1.33. The van der Waals surface area contributed by atoms with Gasteiger partial charge in [-0.1, -0.05) is 60.7 Å². The molecule has 0 aliphatic heterocycles. The fourth-order valence-corrected chi connectivity index (χ4v) is 8.01. The Morgan fingerprint density at radius 3 is 1.36 bits per heavy atom. The van der Waals surface area contributed by atoms with Crippen LogP contribution in [0.15, 0.2) is 109 Å². The van der Waals surface area contributed by atoms with E-state index in [0.717, 1.165) is 22.5 Å². The number of pyridine rings is 2. The molecule has 0 saturated carbocycles. The van der Waals surface area contributed by atoms with E-state index in [-0.39, 0.29) is 0 Å². The van der Waals surface area contributed by atoms with Crippen molar-refractivity contribution in [1.29, 1.82) is 0 Å². The van der Waals surface area contributed by atoms with Gasteiger partial charge in [-0.2, -0.15) is 0 Å². The van der Waals surface area contributed by atoms with Crippen LogP contribution in [0.25, 0.3) is 73.6 Å². The Labute approximate surface area is 215 Å². The lowest BCUT2D eigenvalue weighted by Crippen LogP contribution is -1.81. The van der Waals surface area contributed by atoms with Crippen molar-refractivity contribution in [1.82, 2.24) is 9.97 Å². The van der Waals surface area contributed by atoms with E-state index in [1.165, 1.54) is 51.1 Å². The lowest BCUT2D eigenvalue weighted by Gasteiger charge is -2.05. The Morgan fingerprint density at radius 2 is 0.917 bits per heavy atom. The molecule has 0 N–H and O–H groups in total. The predicted octanol–water partition coefficient (Wildman–Crippen LogP) is 9.70. The Hall–Kier alpha value is -4.12. The quantitative estimate of drug-likeness (QED) is 0.239. The Bertz CT molecular complexity index is 1940. The van der Waals surface area contributed by atoms with Crippen molar-refractivity contribution in [2.24, 2.45) is 0 Å². The molecule has 0 unspecified atom stereocenters. The first-order valence-electron chi connectivity index (χ1n) is 11.9. The lowest BCUT2D eigenvalue weighted by atomic mass is 9.98. The van der Waals surface area contributed by atoms with E-state index in [0.29, 0.717) is 0 Å². The van der Waals surface area contributed by atoms with Gasteiger partial charge in [0, 0.05) is 54.5 Å². The number of aromatic nitrogens is 2. The van der Waals surface area contributed by atoms with Crippen LogP contribution in [0, 0.1) is 0 Å². The Balaban J connectivity index is 1.48. The maximum Gasteiger partial charge on any atom is 0.0702 e. The van der Waals surface area contributed by atoms with Crippen molar-refractivity contribution >= 4 is 73.8 Å². The van der Waals surface area contributed by atoms with Crippen LogP contribution in [0.3, 0.4) is 0 Å². The molecule has 168 valence electrons. The molecule has 2 nitrogen and oxygen atoms in total. The highest BCUT2D eigenvalue weighted by atomic mass is 32.1. The molecule has 0 bridgehead atoms. The number of nitrogens with zero attached hydrogens (tertiary/aromatic N) is 2. The van der Waals surface area contributed by atoms with Gasteiger partial charge in [0.1, 0.15) is 0 Å². The summed E-state index contributed by atoms with van der Waals surface area (Å²) in [5.74, 6) is 0. The average Bonchev–Trinajstić information content (AvgIpc) is 3.52. The minimum absolute atomic E-state index is 1.01. The largest absolute Gasteiger partial charge is 0.256 e. The van der Waals surface area contributed by atoms with Crippen molar-refractivity contribution < 1.29 is 0 Å².